The predicted octanol–water partition coefficient (Wildman–Crippen LogP) is 5.43. The highest BCUT2D eigenvalue weighted by Gasteiger charge is 2.29. The molecule has 0 radical (unpaired) electrons. The number of nitrogens with one attached hydrogen (secondary N) is 4. The van der Waals surface area contributed by atoms with Crippen molar-refractivity contribution in [1.29, 1.82) is 0 Å². The molecule has 1 saturated heterocycles. The third kappa shape index (κ3) is 7.63. The molecule has 1 aliphatic rings. The van der Waals surface area contributed by atoms with Crippen LogP contribution in [-0.2, 0) is 10.0 Å². The maximum atomic E-state index is 14.9. The van der Waals surface area contributed by atoms with Crippen molar-refractivity contribution in [3.05, 3.63) is 64.6 Å². The van der Waals surface area contributed by atoms with Crippen molar-refractivity contribution in [2.45, 2.75) is 51.3 Å². The van der Waals surface area contributed by atoms with Crippen LogP contribution in [-0.4, -0.2) is 60.1 Å². The van der Waals surface area contributed by atoms with Crippen molar-refractivity contribution < 1.29 is 17.6 Å². The first-order chi connectivity index (χ1) is 19.2. The second kappa shape index (κ2) is 12.2. The molecule has 4 N–H and O–H groups in total. The number of sulfonamides is 1. The van der Waals surface area contributed by atoms with Gasteiger partial charge in [0.2, 0.25) is 16.0 Å². The van der Waals surface area contributed by atoms with Gasteiger partial charge in [-0.3, -0.25) is 9.52 Å². The molecule has 0 aliphatic carbocycles. The molecule has 1 aliphatic heterocycles. The number of benzene rings is 2. The lowest BCUT2D eigenvalue weighted by Gasteiger charge is -2.29. The predicted molar refractivity (Wildman–Crippen MR) is 161 cm³/mol. The maximum absolute atomic E-state index is 14.9. The summed E-state index contributed by atoms with van der Waals surface area (Å²) >= 11 is 6.25. The number of nitrogens with zero attached hydrogens (tertiary/aromatic N) is 3. The number of hydrogen-bond donors (Lipinski definition) is 4. The van der Waals surface area contributed by atoms with Gasteiger partial charge in [0, 0.05) is 29.2 Å². The van der Waals surface area contributed by atoms with Crippen molar-refractivity contribution in [2.75, 3.05) is 35.5 Å². The van der Waals surface area contributed by atoms with E-state index in [4.69, 9.17) is 11.6 Å². The number of anilines is 5. The Morgan fingerprint density at radius 3 is 2.39 bits per heavy atom. The van der Waals surface area contributed by atoms with Gasteiger partial charge in [-0.15, -0.1) is 0 Å². The summed E-state index contributed by atoms with van der Waals surface area (Å²) in [6, 6.07) is 9.12. The topological polar surface area (TPSA) is 128 Å². The third-order valence-corrected chi connectivity index (χ3v) is 9.21. The van der Waals surface area contributed by atoms with Crippen molar-refractivity contribution in [2.24, 2.45) is 0 Å². The molecular formula is C28H35ClFN7O3S. The fraction of sp³-hybridized carbons (Fsp3) is 0.393. The molecule has 2 heterocycles. The Morgan fingerprint density at radius 2 is 1.73 bits per heavy atom. The fourth-order valence-electron chi connectivity index (χ4n) is 4.07. The molecule has 13 heteroatoms. The van der Waals surface area contributed by atoms with E-state index in [0.717, 1.165) is 31.5 Å². The second-order valence-corrected chi connectivity index (χ2v) is 14.0. The van der Waals surface area contributed by atoms with Crippen LogP contribution in [0.4, 0.5) is 33.2 Å². The lowest BCUT2D eigenvalue weighted by Crippen LogP contribution is -2.43. The van der Waals surface area contributed by atoms with E-state index in [9.17, 15) is 17.6 Å². The summed E-state index contributed by atoms with van der Waals surface area (Å²) in [5.74, 6) is -0.446. The van der Waals surface area contributed by atoms with Crippen LogP contribution >= 0.6 is 11.6 Å². The number of piperidine rings is 1. The Bertz CT molecular complexity index is 1540. The number of carbonyl (C=O) groups is 1. The molecule has 0 saturated carbocycles. The number of carbonyl (C=O) groups excluding carboxylic acids is 1. The zero-order valence-corrected chi connectivity index (χ0v) is 25.3. The largest absolute Gasteiger partial charge is 0.349 e. The van der Waals surface area contributed by atoms with E-state index in [1.807, 2.05) is 14.0 Å². The molecule has 1 amide bonds. The molecule has 41 heavy (non-hydrogen) atoms. The Kier molecular flexibility index (Phi) is 9.05. The van der Waals surface area contributed by atoms with Crippen LogP contribution in [0.3, 0.4) is 0 Å². The minimum absolute atomic E-state index is 0.0257. The van der Waals surface area contributed by atoms with Gasteiger partial charge in [0.1, 0.15) is 11.6 Å². The maximum Gasteiger partial charge on any atom is 0.254 e. The SMILES string of the molecule is Cc1cnc(Nc2ccc(C(=O)NC3CCN(C)CC3)c(F)c2)nc1Nc1ccc(Cl)c(NS(=O)(=O)C(C)(C)C)c1. The summed E-state index contributed by atoms with van der Waals surface area (Å²) in [5.41, 5.74) is 1.84. The van der Waals surface area contributed by atoms with Gasteiger partial charge < -0.3 is 20.9 Å². The van der Waals surface area contributed by atoms with Crippen LogP contribution in [0.2, 0.25) is 5.02 Å². The van der Waals surface area contributed by atoms with Crippen molar-refractivity contribution in [1.82, 2.24) is 20.2 Å². The smallest absolute Gasteiger partial charge is 0.254 e. The molecule has 0 atom stereocenters. The van der Waals surface area contributed by atoms with E-state index >= 15 is 0 Å². The molecule has 0 bridgehead atoms. The quantitative estimate of drug-likeness (QED) is 0.268. The van der Waals surface area contributed by atoms with Crippen LogP contribution in [0.25, 0.3) is 0 Å². The van der Waals surface area contributed by atoms with Crippen molar-refractivity contribution in [3.63, 3.8) is 0 Å². The highest BCUT2D eigenvalue weighted by atomic mass is 35.5. The van der Waals surface area contributed by atoms with Crippen molar-refractivity contribution >= 4 is 56.4 Å². The van der Waals surface area contributed by atoms with Gasteiger partial charge in [0.25, 0.3) is 5.91 Å². The van der Waals surface area contributed by atoms with E-state index < -0.39 is 26.5 Å². The van der Waals surface area contributed by atoms with E-state index in [1.165, 1.54) is 12.1 Å². The monoisotopic (exact) mass is 603 g/mol. The Hall–Kier alpha value is -3.48. The van der Waals surface area contributed by atoms with Crippen LogP contribution < -0.4 is 20.7 Å². The zero-order chi connectivity index (χ0) is 29.9. The minimum Gasteiger partial charge on any atom is -0.349 e. The zero-order valence-electron chi connectivity index (χ0n) is 23.7. The van der Waals surface area contributed by atoms with E-state index in [1.54, 1.807) is 51.2 Å². The number of rotatable bonds is 8. The van der Waals surface area contributed by atoms with Gasteiger partial charge in [-0.1, -0.05) is 11.6 Å². The number of halogens is 2. The first-order valence-corrected chi connectivity index (χ1v) is 15.1. The van der Waals surface area contributed by atoms with Gasteiger partial charge in [-0.25, -0.2) is 17.8 Å². The van der Waals surface area contributed by atoms with Gasteiger partial charge in [0.15, 0.2) is 0 Å². The number of likely N-dealkylation sites (tertiary alicyclic amines) is 1. The number of aromatic nitrogens is 2. The molecule has 0 spiro atoms. The summed E-state index contributed by atoms with van der Waals surface area (Å²) in [5, 5.41) is 9.29. The molecular weight excluding hydrogens is 569 g/mol. The van der Waals surface area contributed by atoms with Gasteiger partial charge in [0.05, 0.1) is 21.0 Å². The first kappa shape index (κ1) is 30.5. The molecule has 3 aromatic rings. The van der Waals surface area contributed by atoms with Gasteiger partial charge in [-0.05, 0) is 97.1 Å². The number of amides is 1. The highest BCUT2D eigenvalue weighted by molar-refractivity contribution is 7.94. The summed E-state index contributed by atoms with van der Waals surface area (Å²) in [6.45, 7) is 8.36. The molecule has 1 aromatic heterocycles. The normalized spacial score (nSPS) is 14.9. The fourth-order valence-corrected chi connectivity index (χ4v) is 5.05. The minimum atomic E-state index is -3.69. The van der Waals surface area contributed by atoms with Gasteiger partial charge >= 0.3 is 0 Å². The van der Waals surface area contributed by atoms with Gasteiger partial charge in [-0.2, -0.15) is 4.98 Å². The Labute approximate surface area is 245 Å². The van der Waals surface area contributed by atoms with E-state index in [2.05, 4.69) is 35.5 Å². The molecule has 4 rings (SSSR count). The third-order valence-electron chi connectivity index (χ3n) is 6.77. The molecule has 2 aromatic carbocycles. The molecule has 10 nitrogen and oxygen atoms in total. The Morgan fingerprint density at radius 1 is 1.07 bits per heavy atom. The summed E-state index contributed by atoms with van der Waals surface area (Å²) < 4.78 is 41.7. The highest BCUT2D eigenvalue weighted by Crippen LogP contribution is 2.31. The summed E-state index contributed by atoms with van der Waals surface area (Å²) in [4.78, 5) is 23.6. The summed E-state index contributed by atoms with van der Waals surface area (Å²) in [7, 11) is -1.65. The second-order valence-electron chi connectivity index (χ2n) is 11.1. The van der Waals surface area contributed by atoms with Crippen LogP contribution in [0.15, 0.2) is 42.6 Å². The van der Waals surface area contributed by atoms with Crippen LogP contribution in [0.5, 0.6) is 0 Å². The molecule has 0 unspecified atom stereocenters. The van der Waals surface area contributed by atoms with E-state index in [0.29, 0.717) is 17.2 Å². The number of hydrogen-bond acceptors (Lipinski definition) is 8. The lowest BCUT2D eigenvalue weighted by molar-refractivity contribution is 0.0913. The number of aryl methyl sites for hydroxylation is 1. The van der Waals surface area contributed by atoms with Crippen molar-refractivity contribution in [3.8, 4) is 0 Å². The lowest BCUT2D eigenvalue weighted by atomic mass is 10.0. The average Bonchev–Trinajstić information content (AvgIpc) is 2.88. The van der Waals surface area contributed by atoms with Crippen LogP contribution in [0.1, 0.15) is 49.5 Å². The average molecular weight is 604 g/mol. The van der Waals surface area contributed by atoms with Crippen LogP contribution in [0, 0.1) is 12.7 Å². The Balaban J connectivity index is 1.46. The standard InChI is InChI=1S/C28H35ClFN7O3S/c1-17-16-31-27(34-19-6-8-21(23(30)14-19)26(38)33-18-10-12-37(5)13-11-18)35-25(17)32-20-7-9-22(29)24(15-20)36-41(39,40)28(2,3)4/h6-9,14-16,18,36H,10-13H2,1-5H3,(H,33,38)(H2,31,32,34,35). The summed E-state index contributed by atoms with van der Waals surface area (Å²) in [6.07, 6.45) is 3.25. The first-order valence-electron chi connectivity index (χ1n) is 13.2. The molecule has 220 valence electrons. The molecule has 1 fully saturated rings. The van der Waals surface area contributed by atoms with E-state index in [-0.39, 0.29) is 28.3 Å².